The Balaban J connectivity index is 1.72. The molecule has 0 atom stereocenters. The second kappa shape index (κ2) is 9.73. The predicted octanol–water partition coefficient (Wildman–Crippen LogP) is 5.26. The van der Waals surface area contributed by atoms with Gasteiger partial charge in [0, 0.05) is 24.5 Å². The van der Waals surface area contributed by atoms with Crippen LogP contribution in [0.4, 0.5) is 20.4 Å². The Hall–Kier alpha value is -3.33. The van der Waals surface area contributed by atoms with Crippen molar-refractivity contribution in [3.63, 3.8) is 0 Å². The standard InChI is InChI=1S/C25H26ClF2N5O2/c1-14(2)17-7-5-6-8-18(17)25(12-33(13-25)24-30-16(4)11-20(26)32-24)22(34)31-19-10-9-15(3)29-21(19)35-23(27)28/h5-11,14,23H,12-13H2,1-4H3,(H,31,34). The van der Waals surface area contributed by atoms with Crippen molar-refractivity contribution < 1.29 is 18.3 Å². The number of rotatable bonds is 7. The highest BCUT2D eigenvalue weighted by atomic mass is 35.5. The van der Waals surface area contributed by atoms with Crippen LogP contribution in [0.25, 0.3) is 0 Å². The van der Waals surface area contributed by atoms with Gasteiger partial charge in [-0.25, -0.2) is 15.0 Å². The van der Waals surface area contributed by atoms with Crippen LogP contribution in [0.15, 0.2) is 42.5 Å². The van der Waals surface area contributed by atoms with Crippen molar-refractivity contribution in [1.82, 2.24) is 15.0 Å². The molecule has 1 N–H and O–H groups in total. The first-order chi connectivity index (χ1) is 16.6. The molecule has 0 spiro atoms. The number of halogens is 3. The van der Waals surface area contributed by atoms with E-state index in [-0.39, 0.29) is 36.5 Å². The van der Waals surface area contributed by atoms with Gasteiger partial charge in [-0.15, -0.1) is 0 Å². The summed E-state index contributed by atoms with van der Waals surface area (Å²) in [5.74, 6) is -0.0940. The molecule has 1 fully saturated rings. The number of hydrogen-bond acceptors (Lipinski definition) is 6. The lowest BCUT2D eigenvalue weighted by Gasteiger charge is -2.50. The first-order valence-electron chi connectivity index (χ1n) is 11.2. The summed E-state index contributed by atoms with van der Waals surface area (Å²) in [5, 5.41) is 3.11. The number of anilines is 2. The molecule has 0 aliphatic carbocycles. The highest BCUT2D eigenvalue weighted by Crippen LogP contribution is 2.41. The number of ether oxygens (including phenoxy) is 1. The molecule has 0 radical (unpaired) electrons. The van der Waals surface area contributed by atoms with Crippen LogP contribution >= 0.6 is 11.6 Å². The van der Waals surface area contributed by atoms with Gasteiger partial charge in [-0.1, -0.05) is 49.7 Å². The number of nitrogens with zero attached hydrogens (tertiary/aromatic N) is 4. The fourth-order valence-electron chi connectivity index (χ4n) is 4.32. The molecule has 0 unspecified atom stereocenters. The van der Waals surface area contributed by atoms with Crippen LogP contribution < -0.4 is 15.0 Å². The molecule has 4 rings (SSSR count). The minimum absolute atomic E-state index is 0.0793. The Morgan fingerprint density at radius 2 is 1.80 bits per heavy atom. The molecule has 1 amide bonds. The zero-order chi connectivity index (χ0) is 25.3. The van der Waals surface area contributed by atoms with Gasteiger partial charge in [0.2, 0.25) is 17.7 Å². The number of pyridine rings is 1. The van der Waals surface area contributed by atoms with Crippen molar-refractivity contribution in [3.05, 3.63) is 70.1 Å². The minimum atomic E-state index is -3.07. The quantitative estimate of drug-likeness (QED) is 0.445. The van der Waals surface area contributed by atoms with E-state index in [1.165, 1.54) is 6.07 Å². The van der Waals surface area contributed by atoms with Gasteiger partial charge in [-0.3, -0.25) is 4.79 Å². The minimum Gasteiger partial charge on any atom is -0.415 e. The SMILES string of the molecule is Cc1cc(Cl)nc(N2CC(C(=O)Nc3ccc(C)nc3OC(F)F)(c3ccccc3C(C)C)C2)n1. The maximum absolute atomic E-state index is 13.9. The van der Waals surface area contributed by atoms with Gasteiger partial charge in [0.25, 0.3) is 0 Å². The second-order valence-corrected chi connectivity index (χ2v) is 9.34. The predicted molar refractivity (Wildman–Crippen MR) is 130 cm³/mol. The molecule has 35 heavy (non-hydrogen) atoms. The summed E-state index contributed by atoms with van der Waals surface area (Å²) >= 11 is 6.13. The molecule has 7 nitrogen and oxygen atoms in total. The maximum Gasteiger partial charge on any atom is 0.388 e. The number of nitrogens with one attached hydrogen (secondary N) is 1. The van der Waals surface area contributed by atoms with E-state index in [0.717, 1.165) is 11.1 Å². The van der Waals surface area contributed by atoms with Gasteiger partial charge in [0.1, 0.15) is 16.3 Å². The van der Waals surface area contributed by atoms with E-state index < -0.39 is 12.0 Å². The van der Waals surface area contributed by atoms with Crippen LogP contribution in [0.1, 0.15) is 42.3 Å². The van der Waals surface area contributed by atoms with Crippen LogP contribution in [0.2, 0.25) is 5.15 Å². The van der Waals surface area contributed by atoms with Gasteiger partial charge < -0.3 is 15.0 Å². The molecule has 10 heteroatoms. The monoisotopic (exact) mass is 501 g/mol. The topological polar surface area (TPSA) is 80.2 Å². The summed E-state index contributed by atoms with van der Waals surface area (Å²) in [6.45, 7) is 5.09. The highest BCUT2D eigenvalue weighted by Gasteiger charge is 2.53. The lowest BCUT2D eigenvalue weighted by Crippen LogP contribution is -2.66. The summed E-state index contributed by atoms with van der Waals surface area (Å²) in [6, 6.07) is 12.5. The Kier molecular flexibility index (Phi) is 6.89. The highest BCUT2D eigenvalue weighted by molar-refractivity contribution is 6.29. The Labute approximate surface area is 207 Å². The number of aryl methyl sites for hydroxylation is 2. The third kappa shape index (κ3) is 5.05. The van der Waals surface area contributed by atoms with E-state index in [2.05, 4.69) is 38.9 Å². The molecule has 0 saturated carbocycles. The Morgan fingerprint density at radius 3 is 2.46 bits per heavy atom. The van der Waals surface area contributed by atoms with E-state index in [1.54, 1.807) is 19.1 Å². The van der Waals surface area contributed by atoms with Crippen molar-refractivity contribution in [2.75, 3.05) is 23.3 Å². The summed E-state index contributed by atoms with van der Waals surface area (Å²) in [7, 11) is 0. The van der Waals surface area contributed by atoms with Crippen molar-refractivity contribution in [3.8, 4) is 5.88 Å². The molecule has 1 aromatic carbocycles. The lowest BCUT2D eigenvalue weighted by atomic mass is 9.69. The molecule has 1 aliphatic rings. The molecule has 184 valence electrons. The van der Waals surface area contributed by atoms with Crippen LogP contribution in [0.5, 0.6) is 5.88 Å². The Bertz CT molecular complexity index is 1230. The van der Waals surface area contributed by atoms with E-state index in [0.29, 0.717) is 22.5 Å². The summed E-state index contributed by atoms with van der Waals surface area (Å²) in [6.07, 6.45) is 0. The molecule has 0 bridgehead atoms. The number of aromatic nitrogens is 3. The van der Waals surface area contributed by atoms with Crippen molar-refractivity contribution >= 4 is 29.1 Å². The Morgan fingerprint density at radius 1 is 1.09 bits per heavy atom. The van der Waals surface area contributed by atoms with E-state index in [4.69, 9.17) is 11.6 Å². The van der Waals surface area contributed by atoms with E-state index >= 15 is 0 Å². The largest absolute Gasteiger partial charge is 0.415 e. The molecule has 1 aliphatic heterocycles. The molecular formula is C25H26ClF2N5O2. The zero-order valence-corrected chi connectivity index (χ0v) is 20.6. The molecule has 3 heterocycles. The third-order valence-corrected chi connectivity index (χ3v) is 6.19. The van der Waals surface area contributed by atoms with Gasteiger partial charge in [0.15, 0.2) is 0 Å². The number of carbonyl (C=O) groups excluding carboxylic acids is 1. The fourth-order valence-corrected chi connectivity index (χ4v) is 4.55. The third-order valence-electron chi connectivity index (χ3n) is 6.00. The average molecular weight is 502 g/mol. The first kappa shape index (κ1) is 24.8. The summed E-state index contributed by atoms with van der Waals surface area (Å²) in [4.78, 5) is 28.5. The fraction of sp³-hybridized carbons (Fsp3) is 0.360. The number of carbonyl (C=O) groups is 1. The zero-order valence-electron chi connectivity index (χ0n) is 19.8. The number of hydrogen-bond donors (Lipinski definition) is 1. The summed E-state index contributed by atoms with van der Waals surface area (Å²) < 4.78 is 30.5. The van der Waals surface area contributed by atoms with Gasteiger partial charge in [0.05, 0.1) is 0 Å². The maximum atomic E-state index is 13.9. The average Bonchev–Trinajstić information content (AvgIpc) is 2.74. The normalized spacial score (nSPS) is 14.7. The number of benzene rings is 1. The van der Waals surface area contributed by atoms with Gasteiger partial charge in [-0.05, 0) is 49.1 Å². The van der Waals surface area contributed by atoms with Gasteiger partial charge >= 0.3 is 6.61 Å². The van der Waals surface area contributed by atoms with E-state index in [1.807, 2.05) is 36.1 Å². The molecular weight excluding hydrogens is 476 g/mol. The lowest BCUT2D eigenvalue weighted by molar-refractivity contribution is -0.122. The number of alkyl halides is 2. The molecule has 2 aromatic heterocycles. The van der Waals surface area contributed by atoms with Crippen LogP contribution in [-0.2, 0) is 10.2 Å². The van der Waals surface area contributed by atoms with Crippen LogP contribution in [0.3, 0.4) is 0 Å². The van der Waals surface area contributed by atoms with Gasteiger partial charge in [-0.2, -0.15) is 8.78 Å². The van der Waals surface area contributed by atoms with Crippen molar-refractivity contribution in [1.29, 1.82) is 0 Å². The number of amides is 1. The van der Waals surface area contributed by atoms with E-state index in [9.17, 15) is 13.6 Å². The van der Waals surface area contributed by atoms with Crippen molar-refractivity contribution in [2.45, 2.75) is 45.6 Å². The van der Waals surface area contributed by atoms with Crippen LogP contribution in [-0.4, -0.2) is 40.6 Å². The smallest absolute Gasteiger partial charge is 0.388 e. The first-order valence-corrected chi connectivity index (χ1v) is 11.6. The summed E-state index contributed by atoms with van der Waals surface area (Å²) in [5.41, 5.74) is 2.19. The second-order valence-electron chi connectivity index (χ2n) is 8.95. The molecule has 1 saturated heterocycles. The van der Waals surface area contributed by atoms with Crippen LogP contribution in [0, 0.1) is 13.8 Å². The molecule has 3 aromatic rings. The van der Waals surface area contributed by atoms with Crippen molar-refractivity contribution in [2.24, 2.45) is 0 Å².